The molecule has 50 heavy (non-hydrogen) atoms. The van der Waals surface area contributed by atoms with E-state index in [1.54, 1.807) is 24.4 Å². The Morgan fingerprint density at radius 3 is 2.24 bits per heavy atom. The number of hydrogen-bond acceptors (Lipinski definition) is 5. The number of fused-ring (bicyclic) bond motifs is 1. The lowest BCUT2D eigenvalue weighted by molar-refractivity contribution is -0.116. The first-order valence-corrected chi connectivity index (χ1v) is 18.3. The van der Waals surface area contributed by atoms with Gasteiger partial charge >= 0.3 is 6.09 Å². The first-order valence-electron chi connectivity index (χ1n) is 18.3. The Morgan fingerprint density at radius 1 is 0.920 bits per heavy atom. The summed E-state index contributed by atoms with van der Waals surface area (Å²) in [5.74, 6) is 0.374. The molecular weight excluding hydrogens is 624 g/mol. The molecule has 4 rings (SSSR count). The fourth-order valence-electron chi connectivity index (χ4n) is 7.11. The Bertz CT molecular complexity index is 1690. The number of carbonyl (C=O) groups is 3. The topological polar surface area (TPSA) is 93.0 Å². The van der Waals surface area contributed by atoms with E-state index in [-0.39, 0.29) is 28.0 Å². The van der Waals surface area contributed by atoms with E-state index in [1.807, 2.05) is 49.4 Å². The Balaban J connectivity index is 1.62. The van der Waals surface area contributed by atoms with Gasteiger partial charge in [0, 0.05) is 23.7 Å². The highest BCUT2D eigenvalue weighted by Gasteiger charge is 2.35. The third-order valence-corrected chi connectivity index (χ3v) is 9.30. The van der Waals surface area contributed by atoms with Gasteiger partial charge in [0.2, 0.25) is 0 Å². The zero-order valence-corrected chi connectivity index (χ0v) is 31.7. The fraction of sp³-hybridized carbons (Fsp3) is 0.524. The van der Waals surface area contributed by atoms with Crippen molar-refractivity contribution in [3.63, 3.8) is 0 Å². The molecule has 3 aromatic rings. The van der Waals surface area contributed by atoms with Gasteiger partial charge in [0.05, 0.1) is 23.4 Å². The molecule has 1 aliphatic rings. The van der Waals surface area contributed by atoms with Crippen LogP contribution in [0.1, 0.15) is 106 Å². The number of rotatable bonds is 14. The third-order valence-electron chi connectivity index (χ3n) is 9.30. The lowest BCUT2D eigenvalue weighted by Gasteiger charge is -2.31. The van der Waals surface area contributed by atoms with Crippen LogP contribution in [0.4, 0.5) is 10.5 Å². The van der Waals surface area contributed by atoms with Gasteiger partial charge in [-0.1, -0.05) is 112 Å². The summed E-state index contributed by atoms with van der Waals surface area (Å²) in [5.41, 5.74) is 2.51. The summed E-state index contributed by atoms with van der Waals surface area (Å²) in [6, 6.07) is 16.6. The van der Waals surface area contributed by atoms with E-state index in [0.717, 1.165) is 43.9 Å². The van der Waals surface area contributed by atoms with Gasteiger partial charge in [-0.3, -0.25) is 14.2 Å². The highest BCUT2D eigenvalue weighted by molar-refractivity contribution is 6.55. The smallest absolute Gasteiger partial charge is 0.418 e. The van der Waals surface area contributed by atoms with E-state index >= 15 is 0 Å². The first-order chi connectivity index (χ1) is 23.6. The van der Waals surface area contributed by atoms with Crippen molar-refractivity contribution >= 4 is 46.3 Å². The van der Waals surface area contributed by atoms with Crippen LogP contribution in [0.3, 0.4) is 0 Å². The lowest BCUT2D eigenvalue weighted by atomic mass is 9.76. The summed E-state index contributed by atoms with van der Waals surface area (Å²) in [4.78, 5) is 41.0. The van der Waals surface area contributed by atoms with Crippen molar-refractivity contribution in [3.8, 4) is 0 Å². The molecule has 270 valence electrons. The molecule has 2 amide bonds. The number of ether oxygens (including phenoxy) is 1. The average Bonchev–Trinajstić information content (AvgIpc) is 3.57. The third kappa shape index (κ3) is 10.4. The van der Waals surface area contributed by atoms with Crippen molar-refractivity contribution in [1.82, 2.24) is 9.88 Å². The van der Waals surface area contributed by atoms with Crippen LogP contribution in [0.2, 0.25) is 0 Å². The second kappa shape index (κ2) is 16.7. The Kier molecular flexibility index (Phi) is 12.9. The summed E-state index contributed by atoms with van der Waals surface area (Å²) in [7, 11) is 0. The average molecular weight is 683 g/mol. The number of amides is 2. The van der Waals surface area contributed by atoms with Crippen molar-refractivity contribution in [2.24, 2.45) is 33.7 Å². The number of aromatic nitrogens is 1. The van der Waals surface area contributed by atoms with E-state index in [2.05, 4.69) is 65.8 Å². The lowest BCUT2D eigenvalue weighted by Crippen LogP contribution is -2.32. The van der Waals surface area contributed by atoms with E-state index in [4.69, 9.17) is 4.74 Å². The number of nitrogens with zero attached hydrogens (tertiary/aromatic N) is 3. The molecule has 0 saturated heterocycles. The van der Waals surface area contributed by atoms with Gasteiger partial charge in [-0.25, -0.2) is 4.79 Å². The fourth-order valence-corrected chi connectivity index (χ4v) is 7.11. The maximum atomic E-state index is 13.8. The Hall–Kier alpha value is -4.20. The summed E-state index contributed by atoms with van der Waals surface area (Å²) in [6.45, 7) is 21.1. The van der Waals surface area contributed by atoms with E-state index in [9.17, 15) is 14.4 Å². The van der Waals surface area contributed by atoms with Crippen LogP contribution < -0.4 is 10.3 Å². The number of benzene rings is 2. The summed E-state index contributed by atoms with van der Waals surface area (Å²) < 4.78 is 7.62. The standard InChI is InChI=1S/C42H58N4O4/c1-10-11-23-43-38(47)37-35(39(48)46(44-37)33-17-13-12-14-18-33)24-32-27-45(36-20-16-15-19-34(32)36)40(49)50-28-31(30(3)26-42(7,8)9)22-21-29(2)25-41(4,5)6/h12-20,24,27,29-31H,10-11,21-23,25-26,28H2,1-9H3,(H,43,47)/b35-24-. The maximum Gasteiger partial charge on any atom is 0.418 e. The molecule has 3 unspecified atom stereocenters. The van der Waals surface area contributed by atoms with Gasteiger partial charge < -0.3 is 10.1 Å². The molecule has 0 radical (unpaired) electrons. The van der Waals surface area contributed by atoms with Crippen molar-refractivity contribution in [1.29, 1.82) is 0 Å². The molecule has 3 atom stereocenters. The second-order valence-corrected chi connectivity index (χ2v) is 16.6. The molecule has 1 aromatic heterocycles. The van der Waals surface area contributed by atoms with Crippen LogP contribution in [0.25, 0.3) is 17.0 Å². The summed E-state index contributed by atoms with van der Waals surface area (Å²) >= 11 is 0. The largest absolute Gasteiger partial charge is 0.449 e. The van der Waals surface area contributed by atoms with Crippen LogP contribution in [0.5, 0.6) is 0 Å². The van der Waals surface area contributed by atoms with Crippen molar-refractivity contribution in [2.45, 2.75) is 101 Å². The molecule has 0 spiro atoms. The molecule has 1 aliphatic heterocycles. The Morgan fingerprint density at radius 2 is 1.58 bits per heavy atom. The van der Waals surface area contributed by atoms with Crippen molar-refractivity contribution < 1.29 is 19.1 Å². The molecule has 0 bridgehead atoms. The van der Waals surface area contributed by atoms with E-state index < -0.39 is 17.9 Å². The molecule has 0 aliphatic carbocycles. The molecule has 1 N–H and O–H groups in total. The van der Waals surface area contributed by atoms with Gasteiger partial charge in [0.25, 0.3) is 11.8 Å². The quantitative estimate of drug-likeness (QED) is 0.135. The number of nitrogens with one attached hydrogen (secondary N) is 1. The highest BCUT2D eigenvalue weighted by atomic mass is 16.5. The number of hydrazone groups is 1. The maximum absolute atomic E-state index is 13.8. The number of anilines is 1. The van der Waals surface area contributed by atoms with Crippen LogP contribution in [-0.4, -0.2) is 41.3 Å². The van der Waals surface area contributed by atoms with E-state index in [1.165, 1.54) is 9.58 Å². The summed E-state index contributed by atoms with van der Waals surface area (Å²) in [6.07, 6.45) is 8.91. The van der Waals surface area contributed by atoms with Crippen molar-refractivity contribution in [2.75, 3.05) is 18.2 Å². The van der Waals surface area contributed by atoms with Crippen LogP contribution in [0, 0.1) is 28.6 Å². The normalized spacial score (nSPS) is 16.4. The SMILES string of the molecule is CCCCNC(=O)C1=NN(c2ccccc2)C(=O)/C1=C\c1cn(C(=O)OCC(CCC(C)CC(C)(C)C)C(C)CC(C)(C)C)c2ccccc12. The molecule has 0 fully saturated rings. The predicted octanol–water partition coefficient (Wildman–Crippen LogP) is 9.87. The molecule has 8 nitrogen and oxygen atoms in total. The minimum atomic E-state index is -0.462. The van der Waals surface area contributed by atoms with Gasteiger partial charge in [0.15, 0.2) is 5.71 Å². The molecule has 8 heteroatoms. The zero-order chi connectivity index (χ0) is 36.6. The van der Waals surface area contributed by atoms with Gasteiger partial charge in [0.1, 0.15) is 0 Å². The zero-order valence-electron chi connectivity index (χ0n) is 31.7. The van der Waals surface area contributed by atoms with Gasteiger partial charge in [-0.15, -0.1) is 0 Å². The number of carbonyl (C=O) groups excluding carboxylic acids is 3. The van der Waals surface area contributed by atoms with Crippen LogP contribution in [0.15, 0.2) is 71.5 Å². The minimum Gasteiger partial charge on any atom is -0.449 e. The van der Waals surface area contributed by atoms with E-state index in [0.29, 0.717) is 41.8 Å². The highest BCUT2D eigenvalue weighted by Crippen LogP contribution is 2.34. The Labute approximate surface area is 299 Å². The molecule has 2 heterocycles. The molecular formula is C42H58N4O4. The van der Waals surface area contributed by atoms with Crippen molar-refractivity contribution in [3.05, 3.63) is 71.9 Å². The van der Waals surface area contributed by atoms with Crippen LogP contribution in [-0.2, 0) is 14.3 Å². The number of hydrogen-bond donors (Lipinski definition) is 1. The van der Waals surface area contributed by atoms with Crippen LogP contribution >= 0.6 is 0 Å². The van der Waals surface area contributed by atoms with Gasteiger partial charge in [-0.05, 0) is 78.5 Å². The first kappa shape index (κ1) is 38.6. The molecule has 2 aromatic carbocycles. The second-order valence-electron chi connectivity index (χ2n) is 16.6. The number of unbranched alkanes of at least 4 members (excludes halogenated alkanes) is 1. The van der Waals surface area contributed by atoms with Gasteiger partial charge in [-0.2, -0.15) is 10.1 Å². The molecule has 0 saturated carbocycles. The minimum absolute atomic E-state index is 0.0470. The predicted molar refractivity (Wildman–Crippen MR) is 205 cm³/mol. The number of para-hydroxylation sites is 2. The summed E-state index contributed by atoms with van der Waals surface area (Å²) in [5, 5.41) is 9.41. The monoisotopic (exact) mass is 682 g/mol.